The Morgan fingerprint density at radius 1 is 1.37 bits per heavy atom. The number of benzene rings is 1. The van der Waals surface area contributed by atoms with Crippen LogP contribution >= 0.6 is 0 Å². The van der Waals surface area contributed by atoms with Crippen LogP contribution in [0, 0.1) is 17.2 Å². The first kappa shape index (κ1) is 14.7. The van der Waals surface area contributed by atoms with Gasteiger partial charge >= 0.3 is 0 Å². The van der Waals surface area contributed by atoms with Crippen LogP contribution < -0.4 is 10.1 Å². The third kappa shape index (κ3) is 4.43. The molecule has 0 aliphatic heterocycles. The van der Waals surface area contributed by atoms with E-state index in [0.29, 0.717) is 18.0 Å². The Kier molecular flexibility index (Phi) is 5.55. The van der Waals surface area contributed by atoms with Crippen molar-refractivity contribution in [3.8, 4) is 11.8 Å². The molecule has 0 spiro atoms. The number of nitriles is 1. The Labute approximate surface area is 112 Å². The van der Waals surface area contributed by atoms with Crippen molar-refractivity contribution >= 4 is 17.4 Å². The maximum Gasteiger partial charge on any atom is 0.235 e. The van der Waals surface area contributed by atoms with Crippen molar-refractivity contribution in [1.82, 2.24) is 0 Å². The van der Waals surface area contributed by atoms with E-state index in [4.69, 9.17) is 10.00 Å². The first-order valence-electron chi connectivity index (χ1n) is 5.99. The maximum atomic E-state index is 11.8. The molecule has 0 aliphatic rings. The predicted octanol–water partition coefficient (Wildman–Crippen LogP) is 2.14. The number of nitrogens with zero attached hydrogens (tertiary/aromatic N) is 1. The van der Waals surface area contributed by atoms with Gasteiger partial charge in [0.15, 0.2) is 0 Å². The van der Waals surface area contributed by atoms with Gasteiger partial charge in [-0.3, -0.25) is 9.59 Å². The summed E-state index contributed by atoms with van der Waals surface area (Å²) >= 11 is 0. The van der Waals surface area contributed by atoms with Gasteiger partial charge in [0, 0.05) is 5.69 Å². The fourth-order valence-electron chi connectivity index (χ4n) is 1.54. The lowest BCUT2D eigenvalue weighted by molar-refractivity contribution is -0.129. The summed E-state index contributed by atoms with van der Waals surface area (Å²) < 4.78 is 5.28. The van der Waals surface area contributed by atoms with Crippen LogP contribution in [0.15, 0.2) is 24.3 Å². The van der Waals surface area contributed by atoms with Gasteiger partial charge in [-0.15, -0.1) is 0 Å². The summed E-state index contributed by atoms with van der Waals surface area (Å²) in [4.78, 5) is 23.1. The molecule has 19 heavy (non-hydrogen) atoms. The first-order valence-corrected chi connectivity index (χ1v) is 5.99. The van der Waals surface area contributed by atoms with Crippen LogP contribution in [-0.2, 0) is 9.59 Å². The third-order valence-corrected chi connectivity index (χ3v) is 2.54. The second-order valence-electron chi connectivity index (χ2n) is 3.97. The quantitative estimate of drug-likeness (QED) is 0.795. The molecule has 0 bridgehead atoms. The summed E-state index contributed by atoms with van der Waals surface area (Å²) in [6.07, 6.45) is -0.113. The zero-order chi connectivity index (χ0) is 14.3. The van der Waals surface area contributed by atoms with E-state index >= 15 is 0 Å². The van der Waals surface area contributed by atoms with E-state index in [1.807, 2.05) is 13.0 Å². The van der Waals surface area contributed by atoms with Crippen LogP contribution in [-0.4, -0.2) is 18.3 Å². The van der Waals surface area contributed by atoms with Gasteiger partial charge in [-0.1, -0.05) is 0 Å². The van der Waals surface area contributed by atoms with Gasteiger partial charge in [0.1, 0.15) is 17.5 Å². The van der Waals surface area contributed by atoms with E-state index in [1.165, 1.54) is 6.92 Å². The van der Waals surface area contributed by atoms with Crippen LogP contribution in [0.2, 0.25) is 0 Å². The number of ketones is 1. The van der Waals surface area contributed by atoms with Crippen molar-refractivity contribution < 1.29 is 14.3 Å². The van der Waals surface area contributed by atoms with Crippen molar-refractivity contribution in [3.05, 3.63) is 24.3 Å². The number of hydrogen-bond donors (Lipinski definition) is 1. The number of ether oxygens (including phenoxy) is 1. The molecule has 1 amide bonds. The van der Waals surface area contributed by atoms with Gasteiger partial charge in [0.2, 0.25) is 5.91 Å². The Balaban J connectivity index is 2.70. The highest BCUT2D eigenvalue weighted by molar-refractivity contribution is 6.06. The van der Waals surface area contributed by atoms with E-state index < -0.39 is 11.8 Å². The smallest absolute Gasteiger partial charge is 0.235 e. The Morgan fingerprint density at radius 2 is 2.00 bits per heavy atom. The molecule has 5 nitrogen and oxygen atoms in total. The molecular weight excluding hydrogens is 244 g/mol. The van der Waals surface area contributed by atoms with Crippen LogP contribution in [0.3, 0.4) is 0 Å². The molecular formula is C14H16N2O3. The Hall–Kier alpha value is -2.35. The molecule has 1 aromatic carbocycles. The number of nitrogens with one attached hydrogen (secondary N) is 1. The lowest BCUT2D eigenvalue weighted by Crippen LogP contribution is -2.27. The van der Waals surface area contributed by atoms with E-state index in [2.05, 4.69) is 5.32 Å². The minimum atomic E-state index is -0.920. The largest absolute Gasteiger partial charge is 0.494 e. The maximum absolute atomic E-state index is 11.8. The van der Waals surface area contributed by atoms with Crippen LogP contribution in [0.1, 0.15) is 20.3 Å². The average Bonchev–Trinajstić information content (AvgIpc) is 2.38. The molecule has 1 atom stereocenters. The Morgan fingerprint density at radius 3 is 2.47 bits per heavy atom. The lowest BCUT2D eigenvalue weighted by Gasteiger charge is -2.11. The number of carbonyl (C=O) groups is 2. The summed E-state index contributed by atoms with van der Waals surface area (Å²) in [6.45, 7) is 3.76. The minimum Gasteiger partial charge on any atom is -0.494 e. The van der Waals surface area contributed by atoms with Gasteiger partial charge in [0.25, 0.3) is 0 Å². The number of Topliss-reactive ketones (excluding diaryl/α,β-unsaturated/α-hetero) is 1. The van der Waals surface area contributed by atoms with E-state index in [1.54, 1.807) is 24.3 Å². The summed E-state index contributed by atoms with van der Waals surface area (Å²) in [6, 6.07) is 8.67. The van der Waals surface area contributed by atoms with Gasteiger partial charge < -0.3 is 10.1 Å². The number of amides is 1. The highest BCUT2D eigenvalue weighted by Crippen LogP contribution is 2.17. The van der Waals surface area contributed by atoms with E-state index in [9.17, 15) is 9.59 Å². The first-order chi connectivity index (χ1) is 9.08. The molecule has 1 unspecified atom stereocenters. The molecule has 5 heteroatoms. The van der Waals surface area contributed by atoms with Gasteiger partial charge in [-0.25, -0.2) is 0 Å². The number of hydrogen-bond acceptors (Lipinski definition) is 4. The molecule has 0 fully saturated rings. The monoisotopic (exact) mass is 260 g/mol. The number of rotatable bonds is 6. The van der Waals surface area contributed by atoms with Crippen molar-refractivity contribution in [2.45, 2.75) is 20.3 Å². The molecule has 0 heterocycles. The van der Waals surface area contributed by atoms with Crippen LogP contribution in [0.5, 0.6) is 5.75 Å². The highest BCUT2D eigenvalue weighted by atomic mass is 16.5. The van der Waals surface area contributed by atoms with Gasteiger partial charge in [-0.2, -0.15) is 5.26 Å². The number of carbonyl (C=O) groups excluding carboxylic acids is 2. The molecule has 0 aliphatic carbocycles. The minimum absolute atomic E-state index is 0.113. The van der Waals surface area contributed by atoms with Crippen LogP contribution in [0.4, 0.5) is 5.69 Å². The molecule has 0 saturated heterocycles. The Bertz CT molecular complexity index is 488. The van der Waals surface area contributed by atoms with Crippen LogP contribution in [0.25, 0.3) is 0 Å². The van der Waals surface area contributed by atoms with Gasteiger partial charge in [-0.05, 0) is 38.1 Å². The SMILES string of the molecule is CCOc1ccc(NC(=O)C(CC#N)C(C)=O)cc1. The van der Waals surface area contributed by atoms with Crippen molar-refractivity contribution in [1.29, 1.82) is 5.26 Å². The summed E-state index contributed by atoms with van der Waals surface area (Å²) in [5.41, 5.74) is 0.567. The molecule has 1 aromatic rings. The second kappa shape index (κ2) is 7.17. The van der Waals surface area contributed by atoms with Gasteiger partial charge in [0.05, 0.1) is 19.1 Å². The summed E-state index contributed by atoms with van der Waals surface area (Å²) in [5, 5.41) is 11.2. The van der Waals surface area contributed by atoms with E-state index in [-0.39, 0.29) is 12.2 Å². The normalized spacial score (nSPS) is 11.2. The van der Waals surface area contributed by atoms with E-state index in [0.717, 1.165) is 0 Å². The molecule has 0 radical (unpaired) electrons. The predicted molar refractivity (Wildman–Crippen MR) is 70.6 cm³/mol. The lowest BCUT2D eigenvalue weighted by atomic mass is 10.0. The topological polar surface area (TPSA) is 79.2 Å². The summed E-state index contributed by atoms with van der Waals surface area (Å²) in [5.74, 6) is -0.986. The van der Waals surface area contributed by atoms with Crippen molar-refractivity contribution in [3.63, 3.8) is 0 Å². The average molecular weight is 260 g/mol. The third-order valence-electron chi connectivity index (χ3n) is 2.54. The molecule has 100 valence electrons. The zero-order valence-electron chi connectivity index (χ0n) is 11.0. The molecule has 1 rings (SSSR count). The van der Waals surface area contributed by atoms with Crippen molar-refractivity contribution in [2.75, 3.05) is 11.9 Å². The summed E-state index contributed by atoms with van der Waals surface area (Å²) in [7, 11) is 0. The standard InChI is InChI=1S/C14H16N2O3/c1-3-19-12-6-4-11(5-7-12)16-14(18)13(8-9-15)10(2)17/h4-7,13H,3,8H2,1-2H3,(H,16,18). The number of anilines is 1. The highest BCUT2D eigenvalue weighted by Gasteiger charge is 2.22. The fraction of sp³-hybridized carbons (Fsp3) is 0.357. The molecule has 0 saturated carbocycles. The molecule has 1 N–H and O–H groups in total. The van der Waals surface area contributed by atoms with Crippen molar-refractivity contribution in [2.24, 2.45) is 5.92 Å². The molecule has 0 aromatic heterocycles. The fourth-order valence-corrected chi connectivity index (χ4v) is 1.54. The second-order valence-corrected chi connectivity index (χ2v) is 3.97. The zero-order valence-corrected chi connectivity index (χ0v) is 11.0.